The van der Waals surface area contributed by atoms with Crippen molar-refractivity contribution in [1.82, 2.24) is 15.1 Å². The van der Waals surface area contributed by atoms with E-state index in [2.05, 4.69) is 35.3 Å². The van der Waals surface area contributed by atoms with Crippen LogP contribution in [0.5, 0.6) is 0 Å². The Labute approximate surface area is 146 Å². The predicted octanol–water partition coefficient (Wildman–Crippen LogP) is 2.57. The molecule has 2 aliphatic rings. The van der Waals surface area contributed by atoms with Crippen LogP contribution in [0.3, 0.4) is 0 Å². The van der Waals surface area contributed by atoms with Gasteiger partial charge >= 0.3 is 6.09 Å². The Balaban J connectivity index is 1.75. The number of carbonyl (C=O) groups excluding carboxylic acids is 1. The van der Waals surface area contributed by atoms with Crippen LogP contribution in [0, 0.1) is 0 Å². The molecule has 24 heavy (non-hydrogen) atoms. The normalized spacial score (nSPS) is 26.6. The number of allylic oxidation sites excluding steroid dienone is 2. The lowest BCUT2D eigenvalue weighted by Gasteiger charge is -2.41. The van der Waals surface area contributed by atoms with Gasteiger partial charge in [0.2, 0.25) is 0 Å². The van der Waals surface area contributed by atoms with Crippen LogP contribution in [0.25, 0.3) is 0 Å². The highest BCUT2D eigenvalue weighted by molar-refractivity contribution is 5.67. The van der Waals surface area contributed by atoms with Crippen molar-refractivity contribution >= 4 is 6.09 Å². The molecular weight excluding hydrogens is 302 g/mol. The molecule has 0 spiro atoms. The van der Waals surface area contributed by atoms with Gasteiger partial charge in [-0.15, -0.1) is 0 Å². The molecule has 0 bridgehead atoms. The van der Waals surface area contributed by atoms with Gasteiger partial charge in [0.25, 0.3) is 0 Å². The minimum absolute atomic E-state index is 0.214. The molecule has 2 atom stereocenters. The Kier molecular flexibility index (Phi) is 7.53. The van der Waals surface area contributed by atoms with Gasteiger partial charge in [-0.2, -0.15) is 0 Å². The molecule has 1 aliphatic carbocycles. The fourth-order valence-electron chi connectivity index (χ4n) is 3.50. The van der Waals surface area contributed by atoms with Crippen LogP contribution in [0.1, 0.15) is 25.7 Å². The zero-order valence-electron chi connectivity index (χ0n) is 14.9. The summed E-state index contributed by atoms with van der Waals surface area (Å²) in [5.41, 5.74) is 0.846. The number of amides is 1. The van der Waals surface area contributed by atoms with E-state index in [1.807, 2.05) is 0 Å². The topological polar surface area (TPSA) is 44.8 Å². The second-order valence-corrected chi connectivity index (χ2v) is 6.76. The SMILES string of the molecule is C=C/C=C(\C=C)COC(=O)N[C@@H]1CCC[C@@H](N2CCN(C)CC2)C1. The molecule has 0 aromatic rings. The van der Waals surface area contributed by atoms with Gasteiger partial charge in [-0.1, -0.05) is 31.4 Å². The van der Waals surface area contributed by atoms with Gasteiger partial charge in [0, 0.05) is 38.3 Å². The van der Waals surface area contributed by atoms with Crippen molar-refractivity contribution in [2.75, 3.05) is 39.8 Å². The molecule has 1 heterocycles. The first-order valence-electron chi connectivity index (χ1n) is 8.92. The molecule has 1 N–H and O–H groups in total. The molecule has 1 saturated heterocycles. The number of carbonyl (C=O) groups is 1. The van der Waals surface area contributed by atoms with E-state index in [1.165, 1.54) is 6.42 Å². The van der Waals surface area contributed by atoms with Gasteiger partial charge in [-0.05, 0) is 38.3 Å². The van der Waals surface area contributed by atoms with E-state index in [9.17, 15) is 4.79 Å². The second kappa shape index (κ2) is 9.64. The number of ether oxygens (including phenoxy) is 1. The van der Waals surface area contributed by atoms with Crippen LogP contribution in [0.4, 0.5) is 4.79 Å². The number of likely N-dealkylation sites (N-methyl/N-ethyl adjacent to an activating group) is 1. The molecule has 1 amide bonds. The Morgan fingerprint density at radius 1 is 1.25 bits per heavy atom. The van der Waals surface area contributed by atoms with Gasteiger partial charge in [-0.3, -0.25) is 4.90 Å². The average Bonchev–Trinajstić information content (AvgIpc) is 2.59. The van der Waals surface area contributed by atoms with Crippen molar-refractivity contribution in [2.45, 2.75) is 37.8 Å². The van der Waals surface area contributed by atoms with Crippen LogP contribution >= 0.6 is 0 Å². The summed E-state index contributed by atoms with van der Waals surface area (Å²) in [6, 6.07) is 0.800. The van der Waals surface area contributed by atoms with Crippen LogP contribution in [0.15, 0.2) is 37.0 Å². The first-order valence-corrected chi connectivity index (χ1v) is 8.92. The second-order valence-electron chi connectivity index (χ2n) is 6.76. The lowest BCUT2D eigenvalue weighted by Crippen LogP contribution is -2.52. The number of nitrogens with zero attached hydrogens (tertiary/aromatic N) is 2. The Bertz CT molecular complexity index is 467. The minimum atomic E-state index is -0.337. The van der Waals surface area contributed by atoms with E-state index in [4.69, 9.17) is 4.74 Å². The molecule has 1 aliphatic heterocycles. The smallest absolute Gasteiger partial charge is 0.407 e. The third-order valence-electron chi connectivity index (χ3n) is 4.99. The van der Waals surface area contributed by atoms with Gasteiger partial charge in [0.15, 0.2) is 0 Å². The van der Waals surface area contributed by atoms with Crippen molar-refractivity contribution in [1.29, 1.82) is 0 Å². The van der Waals surface area contributed by atoms with Crippen molar-refractivity contribution in [2.24, 2.45) is 0 Å². The van der Waals surface area contributed by atoms with E-state index in [0.29, 0.717) is 6.04 Å². The Morgan fingerprint density at radius 2 is 2.00 bits per heavy atom. The summed E-state index contributed by atoms with van der Waals surface area (Å²) in [4.78, 5) is 17.0. The lowest BCUT2D eigenvalue weighted by atomic mass is 9.89. The fourth-order valence-corrected chi connectivity index (χ4v) is 3.50. The fraction of sp³-hybridized carbons (Fsp3) is 0.632. The van der Waals surface area contributed by atoms with Crippen LogP contribution < -0.4 is 5.32 Å². The van der Waals surface area contributed by atoms with Gasteiger partial charge < -0.3 is 15.0 Å². The summed E-state index contributed by atoms with van der Waals surface area (Å²) in [7, 11) is 2.18. The van der Waals surface area contributed by atoms with Crippen molar-refractivity contribution in [3.63, 3.8) is 0 Å². The molecular formula is C19H31N3O2. The van der Waals surface area contributed by atoms with Gasteiger partial charge in [0.1, 0.15) is 6.61 Å². The Hall–Kier alpha value is -1.59. The van der Waals surface area contributed by atoms with Crippen LogP contribution in [0.2, 0.25) is 0 Å². The van der Waals surface area contributed by atoms with Crippen molar-refractivity contribution in [3.05, 3.63) is 37.0 Å². The molecule has 2 rings (SSSR count). The summed E-state index contributed by atoms with van der Waals surface area (Å²) in [6.07, 6.45) is 9.26. The van der Waals surface area contributed by atoms with E-state index in [0.717, 1.165) is 51.0 Å². The molecule has 2 fully saturated rings. The predicted molar refractivity (Wildman–Crippen MR) is 98.1 cm³/mol. The number of hydrogen-bond donors (Lipinski definition) is 1. The van der Waals surface area contributed by atoms with E-state index < -0.39 is 0 Å². The number of alkyl carbamates (subject to hydrolysis) is 1. The van der Waals surface area contributed by atoms with Gasteiger partial charge in [-0.25, -0.2) is 4.79 Å². The first kappa shape index (κ1) is 18.7. The largest absolute Gasteiger partial charge is 0.445 e. The third kappa shape index (κ3) is 5.80. The van der Waals surface area contributed by atoms with Crippen LogP contribution in [-0.4, -0.2) is 67.8 Å². The summed E-state index contributed by atoms with van der Waals surface area (Å²) < 4.78 is 5.29. The maximum atomic E-state index is 12.0. The van der Waals surface area contributed by atoms with Gasteiger partial charge in [0.05, 0.1) is 0 Å². The monoisotopic (exact) mass is 333 g/mol. The highest BCUT2D eigenvalue weighted by atomic mass is 16.5. The summed E-state index contributed by atoms with van der Waals surface area (Å²) >= 11 is 0. The first-order chi connectivity index (χ1) is 11.6. The van der Waals surface area contributed by atoms with Crippen molar-refractivity contribution < 1.29 is 9.53 Å². The zero-order valence-corrected chi connectivity index (χ0v) is 14.9. The summed E-state index contributed by atoms with van der Waals surface area (Å²) in [6.45, 7) is 12.1. The lowest BCUT2D eigenvalue weighted by molar-refractivity contribution is 0.0807. The van der Waals surface area contributed by atoms with Crippen molar-refractivity contribution in [3.8, 4) is 0 Å². The van der Waals surface area contributed by atoms with Crippen LogP contribution in [-0.2, 0) is 4.74 Å². The standard InChI is InChI=1S/C19H31N3O2/c1-4-7-16(5-2)15-24-19(23)20-17-8-6-9-18(14-17)22-12-10-21(3)11-13-22/h4-5,7,17-18H,1-2,6,8-15H2,3H3,(H,20,23)/b16-7+/t17-,18-/m1/s1. The third-order valence-corrected chi connectivity index (χ3v) is 4.99. The highest BCUT2D eigenvalue weighted by Gasteiger charge is 2.29. The zero-order chi connectivity index (χ0) is 17.4. The summed E-state index contributed by atoms with van der Waals surface area (Å²) in [5, 5.41) is 3.03. The van der Waals surface area contributed by atoms with E-state index in [-0.39, 0.29) is 18.7 Å². The number of rotatable bonds is 6. The van der Waals surface area contributed by atoms with E-state index >= 15 is 0 Å². The molecule has 0 aromatic carbocycles. The quantitative estimate of drug-likeness (QED) is 0.759. The number of nitrogens with one attached hydrogen (secondary N) is 1. The number of hydrogen-bond acceptors (Lipinski definition) is 4. The molecule has 1 saturated carbocycles. The molecule has 5 nitrogen and oxygen atoms in total. The summed E-state index contributed by atoms with van der Waals surface area (Å²) in [5.74, 6) is 0. The Morgan fingerprint density at radius 3 is 2.67 bits per heavy atom. The molecule has 134 valence electrons. The minimum Gasteiger partial charge on any atom is -0.445 e. The molecule has 0 unspecified atom stereocenters. The molecule has 0 radical (unpaired) electrons. The maximum Gasteiger partial charge on any atom is 0.407 e. The highest BCUT2D eigenvalue weighted by Crippen LogP contribution is 2.24. The number of piperazine rings is 1. The molecule has 0 aromatic heterocycles. The molecule has 5 heteroatoms. The van der Waals surface area contributed by atoms with E-state index in [1.54, 1.807) is 18.2 Å². The average molecular weight is 333 g/mol. The maximum absolute atomic E-state index is 12.0.